The van der Waals surface area contributed by atoms with Crippen molar-refractivity contribution in [3.63, 3.8) is 0 Å². The standard InChI is InChI=1S/C9H13NO4S/c1-7(9(11)12)5-8-3-4-10(6-8)15(2,13)14/h3-4,6-7H,5H2,1-2H3,(H,11,12). The molecule has 1 unspecified atom stereocenters. The fourth-order valence-electron chi connectivity index (χ4n) is 1.19. The van der Waals surface area contributed by atoms with Gasteiger partial charge in [-0.1, -0.05) is 6.92 Å². The summed E-state index contributed by atoms with van der Waals surface area (Å²) in [6, 6.07) is 1.61. The van der Waals surface area contributed by atoms with E-state index in [0.717, 1.165) is 10.2 Å². The van der Waals surface area contributed by atoms with Gasteiger partial charge in [-0.25, -0.2) is 8.42 Å². The van der Waals surface area contributed by atoms with E-state index in [-0.39, 0.29) is 0 Å². The van der Waals surface area contributed by atoms with Crippen LogP contribution in [0.4, 0.5) is 0 Å². The van der Waals surface area contributed by atoms with Crippen molar-refractivity contribution in [3.8, 4) is 0 Å². The summed E-state index contributed by atoms with van der Waals surface area (Å²) in [6.07, 6.45) is 4.28. The molecule has 0 spiro atoms. The number of aromatic nitrogens is 1. The minimum absolute atomic E-state index is 0.331. The Balaban J connectivity index is 2.82. The number of nitrogens with zero attached hydrogens (tertiary/aromatic N) is 1. The SMILES string of the molecule is CC(Cc1ccn(S(C)(=O)=O)c1)C(=O)O. The Morgan fingerprint density at radius 2 is 2.20 bits per heavy atom. The van der Waals surface area contributed by atoms with Crippen molar-refractivity contribution in [2.75, 3.05) is 6.26 Å². The molecule has 6 heteroatoms. The molecule has 0 saturated carbocycles. The van der Waals surface area contributed by atoms with Crippen LogP contribution in [0, 0.1) is 5.92 Å². The van der Waals surface area contributed by atoms with Crippen LogP contribution in [0.2, 0.25) is 0 Å². The van der Waals surface area contributed by atoms with E-state index in [9.17, 15) is 13.2 Å². The van der Waals surface area contributed by atoms with Crippen molar-refractivity contribution in [1.29, 1.82) is 0 Å². The van der Waals surface area contributed by atoms with Crippen LogP contribution in [-0.2, 0) is 21.2 Å². The van der Waals surface area contributed by atoms with Gasteiger partial charge in [0.2, 0.25) is 10.0 Å². The number of rotatable bonds is 4. The third-order valence-corrected chi connectivity index (χ3v) is 3.07. The molecule has 15 heavy (non-hydrogen) atoms. The lowest BCUT2D eigenvalue weighted by Gasteiger charge is -2.03. The molecule has 84 valence electrons. The fraction of sp³-hybridized carbons (Fsp3) is 0.444. The number of carboxylic acid groups (broad SMARTS) is 1. The van der Waals surface area contributed by atoms with Crippen molar-refractivity contribution in [1.82, 2.24) is 3.97 Å². The third kappa shape index (κ3) is 3.09. The van der Waals surface area contributed by atoms with E-state index in [1.54, 1.807) is 13.0 Å². The molecule has 1 heterocycles. The molecule has 0 fully saturated rings. The van der Waals surface area contributed by atoms with Crippen LogP contribution in [-0.4, -0.2) is 29.7 Å². The molecule has 0 aromatic carbocycles. The van der Waals surface area contributed by atoms with Crippen LogP contribution in [0.3, 0.4) is 0 Å². The van der Waals surface area contributed by atoms with E-state index in [4.69, 9.17) is 5.11 Å². The van der Waals surface area contributed by atoms with Crippen LogP contribution < -0.4 is 0 Å². The van der Waals surface area contributed by atoms with Crippen molar-refractivity contribution < 1.29 is 18.3 Å². The number of carboxylic acids is 1. The molecule has 0 aliphatic carbocycles. The van der Waals surface area contributed by atoms with Gasteiger partial charge in [-0.3, -0.25) is 8.77 Å². The quantitative estimate of drug-likeness (QED) is 0.821. The topological polar surface area (TPSA) is 76.4 Å². The fourth-order valence-corrected chi connectivity index (χ4v) is 1.80. The van der Waals surface area contributed by atoms with E-state index < -0.39 is 21.9 Å². The van der Waals surface area contributed by atoms with Gasteiger partial charge in [0.25, 0.3) is 0 Å². The van der Waals surface area contributed by atoms with Gasteiger partial charge in [-0.15, -0.1) is 0 Å². The Labute approximate surface area is 88.4 Å². The van der Waals surface area contributed by atoms with Gasteiger partial charge in [-0.05, 0) is 18.1 Å². The van der Waals surface area contributed by atoms with E-state index in [0.29, 0.717) is 12.0 Å². The maximum Gasteiger partial charge on any atom is 0.306 e. The molecule has 0 radical (unpaired) electrons. The van der Waals surface area contributed by atoms with Crippen molar-refractivity contribution in [3.05, 3.63) is 24.0 Å². The van der Waals surface area contributed by atoms with Gasteiger partial charge >= 0.3 is 5.97 Å². The zero-order chi connectivity index (χ0) is 11.6. The Kier molecular flexibility index (Phi) is 3.18. The highest BCUT2D eigenvalue weighted by Gasteiger charge is 2.13. The molecular weight excluding hydrogens is 218 g/mol. The molecule has 0 bridgehead atoms. The maximum absolute atomic E-state index is 11.1. The van der Waals surface area contributed by atoms with Gasteiger partial charge in [0.1, 0.15) is 0 Å². The lowest BCUT2D eigenvalue weighted by Crippen LogP contribution is -2.12. The monoisotopic (exact) mass is 231 g/mol. The van der Waals surface area contributed by atoms with Gasteiger partial charge in [0.05, 0.1) is 12.2 Å². The summed E-state index contributed by atoms with van der Waals surface area (Å²) in [5.41, 5.74) is 0.704. The summed E-state index contributed by atoms with van der Waals surface area (Å²) >= 11 is 0. The molecule has 1 aromatic rings. The average molecular weight is 231 g/mol. The van der Waals surface area contributed by atoms with Gasteiger partial charge in [0, 0.05) is 12.4 Å². The molecule has 1 N–H and O–H groups in total. The first kappa shape index (κ1) is 11.8. The van der Waals surface area contributed by atoms with E-state index in [1.165, 1.54) is 12.4 Å². The molecule has 5 nitrogen and oxygen atoms in total. The van der Waals surface area contributed by atoms with Gasteiger partial charge in [0.15, 0.2) is 0 Å². The highest BCUT2D eigenvalue weighted by atomic mass is 32.2. The highest BCUT2D eigenvalue weighted by molar-refractivity contribution is 7.89. The number of aliphatic carboxylic acids is 1. The molecule has 0 aliphatic rings. The summed E-state index contributed by atoms with van der Waals surface area (Å²) in [7, 11) is -3.27. The maximum atomic E-state index is 11.1. The highest BCUT2D eigenvalue weighted by Crippen LogP contribution is 2.10. The summed E-state index contributed by atoms with van der Waals surface area (Å²) in [4.78, 5) is 10.6. The summed E-state index contributed by atoms with van der Waals surface area (Å²) in [6.45, 7) is 1.58. The summed E-state index contributed by atoms with van der Waals surface area (Å²) in [5, 5.41) is 8.68. The smallest absolute Gasteiger partial charge is 0.306 e. The van der Waals surface area contributed by atoms with Crippen LogP contribution in [0.1, 0.15) is 12.5 Å². The minimum Gasteiger partial charge on any atom is -0.481 e. The average Bonchev–Trinajstić information content (AvgIpc) is 2.51. The Morgan fingerprint density at radius 3 is 2.60 bits per heavy atom. The number of carbonyl (C=O) groups is 1. The normalized spacial score (nSPS) is 13.7. The number of hydrogen-bond donors (Lipinski definition) is 1. The predicted molar refractivity (Wildman–Crippen MR) is 55.2 cm³/mol. The lowest BCUT2D eigenvalue weighted by atomic mass is 10.0. The Bertz CT molecular complexity index is 460. The summed E-state index contributed by atoms with van der Waals surface area (Å²) < 4.78 is 23.3. The molecule has 0 aliphatic heterocycles. The van der Waals surface area contributed by atoms with Crippen LogP contribution >= 0.6 is 0 Å². The van der Waals surface area contributed by atoms with Gasteiger partial charge < -0.3 is 5.11 Å². The molecule has 1 aromatic heterocycles. The van der Waals surface area contributed by atoms with Crippen LogP contribution in [0.25, 0.3) is 0 Å². The first-order chi connectivity index (χ1) is 6.80. The van der Waals surface area contributed by atoms with E-state index in [2.05, 4.69) is 0 Å². The Morgan fingerprint density at radius 1 is 1.60 bits per heavy atom. The van der Waals surface area contributed by atoms with E-state index >= 15 is 0 Å². The molecule has 0 saturated heterocycles. The van der Waals surface area contributed by atoms with Crippen molar-refractivity contribution in [2.45, 2.75) is 13.3 Å². The second-order valence-electron chi connectivity index (χ2n) is 3.56. The first-order valence-electron chi connectivity index (χ1n) is 4.41. The minimum atomic E-state index is -3.27. The molecule has 1 atom stereocenters. The molecule has 0 amide bonds. The second kappa shape index (κ2) is 4.06. The van der Waals surface area contributed by atoms with Crippen LogP contribution in [0.15, 0.2) is 18.5 Å². The first-order valence-corrected chi connectivity index (χ1v) is 6.26. The third-order valence-electron chi connectivity index (χ3n) is 2.08. The summed E-state index contributed by atoms with van der Waals surface area (Å²) in [5.74, 6) is -1.40. The van der Waals surface area contributed by atoms with Gasteiger partial charge in [-0.2, -0.15) is 0 Å². The zero-order valence-electron chi connectivity index (χ0n) is 8.54. The van der Waals surface area contributed by atoms with E-state index in [1.807, 2.05) is 0 Å². The van der Waals surface area contributed by atoms with Crippen molar-refractivity contribution >= 4 is 16.0 Å². The second-order valence-corrected chi connectivity index (χ2v) is 5.44. The van der Waals surface area contributed by atoms with Crippen molar-refractivity contribution in [2.24, 2.45) is 5.92 Å². The lowest BCUT2D eigenvalue weighted by molar-refractivity contribution is -0.141. The predicted octanol–water partition coefficient (Wildman–Crippen LogP) is 0.559. The molecule has 1 rings (SSSR count). The van der Waals surface area contributed by atoms with Crippen LogP contribution in [0.5, 0.6) is 0 Å². The Hall–Kier alpha value is -1.30. The number of hydrogen-bond acceptors (Lipinski definition) is 3. The zero-order valence-corrected chi connectivity index (χ0v) is 9.36. The largest absolute Gasteiger partial charge is 0.481 e. The molecular formula is C9H13NO4S.